The van der Waals surface area contributed by atoms with Gasteiger partial charge in [-0.25, -0.2) is 4.98 Å². The number of rotatable bonds is 2. The normalized spacial score (nSPS) is 21.3. The van der Waals surface area contributed by atoms with Crippen LogP contribution in [0.4, 0.5) is 0 Å². The molecular weight excluding hydrogens is 306 g/mol. The molecule has 0 saturated carbocycles. The first kappa shape index (κ1) is 14.9. The van der Waals surface area contributed by atoms with Gasteiger partial charge < -0.3 is 14.0 Å². The molecule has 1 amide bonds. The van der Waals surface area contributed by atoms with Crippen molar-refractivity contribution in [2.24, 2.45) is 7.05 Å². The zero-order valence-electron chi connectivity index (χ0n) is 13.7. The van der Waals surface area contributed by atoms with Gasteiger partial charge in [0.1, 0.15) is 11.3 Å². The lowest BCUT2D eigenvalue weighted by molar-refractivity contribution is -0.0932. The van der Waals surface area contributed by atoms with E-state index in [0.29, 0.717) is 25.4 Å². The number of amides is 1. The summed E-state index contributed by atoms with van der Waals surface area (Å²) in [4.78, 5) is 19.0. The van der Waals surface area contributed by atoms with Crippen LogP contribution in [0.15, 0.2) is 43.1 Å². The molecule has 1 aliphatic rings. The number of carbonyl (C=O) groups excluding carboxylic acids is 1. The maximum atomic E-state index is 12.9. The van der Waals surface area contributed by atoms with Gasteiger partial charge in [0.05, 0.1) is 25.7 Å². The lowest BCUT2D eigenvalue weighted by Crippen LogP contribution is -2.50. The van der Waals surface area contributed by atoms with E-state index in [0.717, 1.165) is 11.1 Å². The molecule has 1 fully saturated rings. The molecule has 7 nitrogen and oxygen atoms in total. The highest BCUT2D eigenvalue weighted by atomic mass is 16.5. The van der Waals surface area contributed by atoms with E-state index in [4.69, 9.17) is 4.74 Å². The van der Waals surface area contributed by atoms with Crippen molar-refractivity contribution in [2.45, 2.75) is 12.5 Å². The molecule has 0 radical (unpaired) electrons. The summed E-state index contributed by atoms with van der Waals surface area (Å²) in [5, 5.41) is 4.21. The number of ether oxygens (including phenoxy) is 1. The van der Waals surface area contributed by atoms with Crippen molar-refractivity contribution >= 4 is 11.4 Å². The van der Waals surface area contributed by atoms with Crippen molar-refractivity contribution in [2.75, 3.05) is 19.7 Å². The van der Waals surface area contributed by atoms with Gasteiger partial charge in [0.15, 0.2) is 0 Å². The number of hydrogen-bond acceptors (Lipinski definition) is 4. The number of carbonyl (C=O) groups is 1. The van der Waals surface area contributed by atoms with Crippen LogP contribution in [0.25, 0.3) is 5.52 Å². The summed E-state index contributed by atoms with van der Waals surface area (Å²) in [7, 11) is 1.87. The van der Waals surface area contributed by atoms with Crippen LogP contribution in [0.1, 0.15) is 23.0 Å². The molecule has 4 rings (SSSR count). The summed E-state index contributed by atoms with van der Waals surface area (Å²) in [6, 6.07) is 5.70. The van der Waals surface area contributed by atoms with Crippen molar-refractivity contribution in [3.8, 4) is 0 Å². The van der Waals surface area contributed by atoms with Crippen LogP contribution in [-0.4, -0.2) is 49.7 Å². The number of morpholine rings is 1. The molecule has 0 aliphatic carbocycles. The Morgan fingerprint density at radius 2 is 2.29 bits per heavy atom. The molecule has 1 saturated heterocycles. The predicted molar refractivity (Wildman–Crippen MR) is 87.6 cm³/mol. The summed E-state index contributed by atoms with van der Waals surface area (Å²) < 4.78 is 9.59. The predicted octanol–water partition coefficient (Wildman–Crippen LogP) is 1.46. The SMILES string of the molecule is Cn1cc(C2(C)CN(C(=O)c3cc4cccn4cn3)CCO2)cn1. The average molecular weight is 325 g/mol. The van der Waals surface area contributed by atoms with Gasteiger partial charge in [-0.05, 0) is 25.1 Å². The highest BCUT2D eigenvalue weighted by Gasteiger charge is 2.37. The Morgan fingerprint density at radius 1 is 1.42 bits per heavy atom. The molecule has 3 aromatic rings. The quantitative estimate of drug-likeness (QED) is 0.715. The second kappa shape index (κ2) is 5.45. The third kappa shape index (κ3) is 2.46. The van der Waals surface area contributed by atoms with Crippen LogP contribution in [0, 0.1) is 0 Å². The van der Waals surface area contributed by atoms with Crippen LogP contribution in [0.3, 0.4) is 0 Å². The average Bonchev–Trinajstić information content (AvgIpc) is 3.22. The zero-order valence-corrected chi connectivity index (χ0v) is 13.7. The molecule has 1 atom stereocenters. The Kier molecular flexibility index (Phi) is 3.38. The summed E-state index contributed by atoms with van der Waals surface area (Å²) in [5.41, 5.74) is 1.83. The number of nitrogens with zero attached hydrogens (tertiary/aromatic N) is 5. The van der Waals surface area contributed by atoms with Crippen molar-refractivity contribution in [3.05, 3.63) is 54.4 Å². The van der Waals surface area contributed by atoms with Gasteiger partial charge in [-0.1, -0.05) is 0 Å². The maximum Gasteiger partial charge on any atom is 0.272 e. The van der Waals surface area contributed by atoms with E-state index in [1.165, 1.54) is 0 Å². The van der Waals surface area contributed by atoms with Crippen LogP contribution in [-0.2, 0) is 17.4 Å². The summed E-state index contributed by atoms with van der Waals surface area (Å²) in [5.74, 6) is -0.0721. The maximum absolute atomic E-state index is 12.9. The van der Waals surface area contributed by atoms with Crippen molar-refractivity contribution < 1.29 is 9.53 Å². The lowest BCUT2D eigenvalue weighted by Gasteiger charge is -2.39. The first-order valence-electron chi connectivity index (χ1n) is 7.90. The topological polar surface area (TPSA) is 64.7 Å². The Labute approximate surface area is 139 Å². The van der Waals surface area contributed by atoms with Crippen LogP contribution >= 0.6 is 0 Å². The van der Waals surface area contributed by atoms with Gasteiger partial charge >= 0.3 is 0 Å². The molecular formula is C17H19N5O2. The third-order valence-corrected chi connectivity index (χ3v) is 4.51. The molecule has 124 valence electrons. The van der Waals surface area contributed by atoms with Gasteiger partial charge in [-0.15, -0.1) is 0 Å². The molecule has 24 heavy (non-hydrogen) atoms. The smallest absolute Gasteiger partial charge is 0.272 e. The highest BCUT2D eigenvalue weighted by Crippen LogP contribution is 2.29. The van der Waals surface area contributed by atoms with Crippen LogP contribution in [0.2, 0.25) is 0 Å². The fraction of sp³-hybridized carbons (Fsp3) is 0.353. The molecule has 0 N–H and O–H groups in total. The van der Waals surface area contributed by atoms with Gasteiger partial charge in [-0.3, -0.25) is 9.48 Å². The largest absolute Gasteiger partial charge is 0.367 e. The summed E-state index contributed by atoms with van der Waals surface area (Å²) >= 11 is 0. The number of hydrogen-bond donors (Lipinski definition) is 0. The first-order valence-corrected chi connectivity index (χ1v) is 7.90. The molecule has 7 heteroatoms. The van der Waals surface area contributed by atoms with Gasteiger partial charge in [0.25, 0.3) is 5.91 Å². The van der Waals surface area contributed by atoms with E-state index in [1.807, 2.05) is 49.0 Å². The second-order valence-corrected chi connectivity index (χ2v) is 6.32. The van der Waals surface area contributed by atoms with Gasteiger partial charge in [-0.2, -0.15) is 5.10 Å². The fourth-order valence-corrected chi connectivity index (χ4v) is 3.13. The minimum Gasteiger partial charge on any atom is -0.367 e. The zero-order chi connectivity index (χ0) is 16.7. The molecule has 3 aromatic heterocycles. The molecule has 0 aromatic carbocycles. The molecule has 1 unspecified atom stereocenters. The summed E-state index contributed by atoms with van der Waals surface area (Å²) in [6.45, 7) is 3.52. The molecule has 0 spiro atoms. The van der Waals surface area contributed by atoms with Crippen molar-refractivity contribution in [1.82, 2.24) is 24.1 Å². The monoisotopic (exact) mass is 325 g/mol. The van der Waals surface area contributed by atoms with Crippen LogP contribution < -0.4 is 0 Å². The van der Waals surface area contributed by atoms with Crippen molar-refractivity contribution in [3.63, 3.8) is 0 Å². The minimum atomic E-state index is -0.554. The molecule has 4 heterocycles. The summed E-state index contributed by atoms with van der Waals surface area (Å²) in [6.07, 6.45) is 7.30. The second-order valence-electron chi connectivity index (χ2n) is 6.32. The van der Waals surface area contributed by atoms with E-state index in [9.17, 15) is 4.79 Å². The van der Waals surface area contributed by atoms with Crippen LogP contribution in [0.5, 0.6) is 0 Å². The van der Waals surface area contributed by atoms with Gasteiger partial charge in [0.2, 0.25) is 0 Å². The van der Waals surface area contributed by atoms with E-state index >= 15 is 0 Å². The lowest BCUT2D eigenvalue weighted by atomic mass is 9.97. The van der Waals surface area contributed by atoms with E-state index in [-0.39, 0.29) is 5.91 Å². The van der Waals surface area contributed by atoms with E-state index < -0.39 is 5.60 Å². The standard InChI is InChI=1S/C17H19N5O2/c1-17(13-9-19-20(2)10-13)11-21(6-7-24-17)16(23)15-8-14-4-3-5-22(14)12-18-15/h3-5,8-10,12H,6-7,11H2,1-2H3. The third-order valence-electron chi connectivity index (χ3n) is 4.51. The Morgan fingerprint density at radius 3 is 3.08 bits per heavy atom. The Bertz CT molecular complexity index is 899. The number of aromatic nitrogens is 4. The Balaban J connectivity index is 1.60. The first-order chi connectivity index (χ1) is 11.5. The number of fused-ring (bicyclic) bond motifs is 1. The van der Waals surface area contributed by atoms with Gasteiger partial charge in [0, 0.05) is 37.1 Å². The minimum absolute atomic E-state index is 0.0721. The van der Waals surface area contributed by atoms with Crippen molar-refractivity contribution in [1.29, 1.82) is 0 Å². The Hall–Kier alpha value is -2.67. The van der Waals surface area contributed by atoms with E-state index in [1.54, 1.807) is 22.1 Å². The molecule has 1 aliphatic heterocycles. The van der Waals surface area contributed by atoms with E-state index in [2.05, 4.69) is 10.1 Å². The highest BCUT2D eigenvalue weighted by molar-refractivity contribution is 5.93. The molecule has 0 bridgehead atoms. The number of aryl methyl sites for hydroxylation is 1. The fourth-order valence-electron chi connectivity index (χ4n) is 3.13.